The first kappa shape index (κ1) is 11.1. The number of allylic oxidation sites excluding steroid dienone is 1. The van der Waals surface area contributed by atoms with Gasteiger partial charge in [-0.1, -0.05) is 12.3 Å². The third kappa shape index (κ3) is 2.62. The molecule has 0 aromatic carbocycles. The van der Waals surface area contributed by atoms with E-state index in [1.807, 2.05) is 0 Å². The summed E-state index contributed by atoms with van der Waals surface area (Å²) in [7, 11) is 0. The molecule has 0 bridgehead atoms. The van der Waals surface area contributed by atoms with Gasteiger partial charge in [0.15, 0.2) is 0 Å². The summed E-state index contributed by atoms with van der Waals surface area (Å²) in [6, 6.07) is 0. The van der Waals surface area contributed by atoms with Gasteiger partial charge in [-0.3, -0.25) is 0 Å². The Labute approximate surface area is 64.2 Å². The van der Waals surface area contributed by atoms with Gasteiger partial charge in [0.05, 0.1) is 6.42 Å². The van der Waals surface area contributed by atoms with E-state index in [2.05, 4.69) is 6.58 Å². The van der Waals surface area contributed by atoms with Crippen molar-refractivity contribution >= 4 is 0 Å². The number of hydrogen-bond donors (Lipinski definition) is 0. The first-order valence-corrected chi connectivity index (χ1v) is 2.69. The van der Waals surface area contributed by atoms with Gasteiger partial charge in [0.1, 0.15) is 5.83 Å². The monoisotopic (exact) mass is 190 g/mol. The molecule has 12 heavy (non-hydrogen) atoms. The van der Waals surface area contributed by atoms with E-state index in [0.717, 1.165) is 0 Å². The van der Waals surface area contributed by atoms with Crippen LogP contribution in [0.1, 0.15) is 6.42 Å². The van der Waals surface area contributed by atoms with Gasteiger partial charge in [-0.15, -0.1) is 0 Å². The molecule has 0 amide bonds. The molecule has 0 aliphatic rings. The average molecular weight is 190 g/mol. The molecule has 70 valence electrons. The van der Waals surface area contributed by atoms with Crippen molar-refractivity contribution in [3.05, 3.63) is 18.1 Å². The molecule has 0 spiro atoms. The standard InChI is InChI=1S/C6H4F6/c1-2-4(7)3-5(8,9)6(10,11)12/h1,3H2. The van der Waals surface area contributed by atoms with Crippen LogP contribution >= 0.6 is 0 Å². The predicted octanol–water partition coefficient (Wildman–Crippen LogP) is 3.21. The molecule has 0 unspecified atom stereocenters. The molecule has 0 fully saturated rings. The van der Waals surface area contributed by atoms with E-state index in [9.17, 15) is 26.3 Å². The van der Waals surface area contributed by atoms with Crippen LogP contribution in [0.5, 0.6) is 0 Å². The van der Waals surface area contributed by atoms with Gasteiger partial charge in [0, 0.05) is 0 Å². The second kappa shape index (κ2) is 3.23. The van der Waals surface area contributed by atoms with E-state index in [1.165, 1.54) is 5.73 Å². The third-order valence-electron chi connectivity index (χ3n) is 0.984. The molecule has 0 aromatic heterocycles. The van der Waals surface area contributed by atoms with Crippen molar-refractivity contribution in [1.82, 2.24) is 0 Å². The fraction of sp³-hybridized carbons (Fsp3) is 0.500. The van der Waals surface area contributed by atoms with Crippen molar-refractivity contribution < 1.29 is 26.3 Å². The normalized spacial score (nSPS) is 12.5. The average Bonchev–Trinajstić information content (AvgIpc) is 1.84. The molecule has 6 heteroatoms. The molecule has 0 heterocycles. The van der Waals surface area contributed by atoms with Gasteiger partial charge >= 0.3 is 12.1 Å². The summed E-state index contributed by atoms with van der Waals surface area (Å²) in [5, 5.41) is 0. The van der Waals surface area contributed by atoms with Crippen LogP contribution < -0.4 is 0 Å². The van der Waals surface area contributed by atoms with Crippen LogP contribution in [0.25, 0.3) is 0 Å². The first-order chi connectivity index (χ1) is 5.20. The molecule has 0 aliphatic carbocycles. The van der Waals surface area contributed by atoms with Crippen LogP contribution in [-0.4, -0.2) is 12.1 Å². The van der Waals surface area contributed by atoms with Gasteiger partial charge in [-0.25, -0.2) is 4.39 Å². The summed E-state index contributed by atoms with van der Waals surface area (Å²) >= 11 is 0. The Morgan fingerprint density at radius 3 is 1.83 bits per heavy atom. The van der Waals surface area contributed by atoms with Gasteiger partial charge in [0.2, 0.25) is 0 Å². The zero-order valence-electron chi connectivity index (χ0n) is 5.68. The molecule has 0 aromatic rings. The first-order valence-electron chi connectivity index (χ1n) is 2.69. The summed E-state index contributed by atoms with van der Waals surface area (Å²) in [6.45, 7) is 2.59. The molecular formula is C6H4F6. The van der Waals surface area contributed by atoms with Crippen LogP contribution in [0.3, 0.4) is 0 Å². The van der Waals surface area contributed by atoms with E-state index in [0.29, 0.717) is 0 Å². The number of alkyl halides is 5. The lowest BCUT2D eigenvalue weighted by atomic mass is 10.2. The van der Waals surface area contributed by atoms with Crippen LogP contribution in [0.15, 0.2) is 18.1 Å². The Morgan fingerprint density at radius 2 is 1.58 bits per heavy atom. The Kier molecular flexibility index (Phi) is 2.98. The molecule has 0 atom stereocenters. The molecule has 0 nitrogen and oxygen atoms in total. The summed E-state index contributed by atoms with van der Waals surface area (Å²) in [4.78, 5) is 0. The Morgan fingerprint density at radius 1 is 1.17 bits per heavy atom. The highest BCUT2D eigenvalue weighted by atomic mass is 19.4. The second-order valence-corrected chi connectivity index (χ2v) is 1.96. The van der Waals surface area contributed by atoms with Crippen LogP contribution in [0.2, 0.25) is 0 Å². The van der Waals surface area contributed by atoms with Crippen molar-refractivity contribution in [2.24, 2.45) is 0 Å². The topological polar surface area (TPSA) is 0 Å². The van der Waals surface area contributed by atoms with E-state index in [4.69, 9.17) is 0 Å². The molecule has 0 N–H and O–H groups in total. The second-order valence-electron chi connectivity index (χ2n) is 1.96. The zero-order chi connectivity index (χ0) is 9.99. The number of halogens is 6. The van der Waals surface area contributed by atoms with E-state index < -0.39 is 24.3 Å². The van der Waals surface area contributed by atoms with E-state index in [1.54, 1.807) is 0 Å². The lowest BCUT2D eigenvalue weighted by Gasteiger charge is -2.17. The van der Waals surface area contributed by atoms with Crippen molar-refractivity contribution in [2.75, 3.05) is 0 Å². The van der Waals surface area contributed by atoms with Crippen LogP contribution in [0, 0.1) is 0 Å². The maximum Gasteiger partial charge on any atom is 0.453 e. The highest BCUT2D eigenvalue weighted by Gasteiger charge is 2.57. The molecule has 0 rings (SSSR count). The van der Waals surface area contributed by atoms with E-state index >= 15 is 0 Å². The van der Waals surface area contributed by atoms with Crippen LogP contribution in [0.4, 0.5) is 26.3 Å². The Hall–Kier alpha value is -0.900. The quantitative estimate of drug-likeness (QED) is 0.463. The van der Waals surface area contributed by atoms with Gasteiger partial charge in [0.25, 0.3) is 0 Å². The minimum absolute atomic E-state index is 1.31. The summed E-state index contributed by atoms with van der Waals surface area (Å²) in [5.41, 5.74) is 1.31. The number of rotatable bonds is 2. The largest absolute Gasteiger partial charge is 0.453 e. The lowest BCUT2D eigenvalue weighted by Crippen LogP contribution is -2.36. The highest BCUT2D eigenvalue weighted by molar-refractivity contribution is 4.95. The fourth-order valence-electron chi connectivity index (χ4n) is 0.358. The maximum absolute atomic E-state index is 11.9. The van der Waals surface area contributed by atoms with Crippen molar-refractivity contribution in [3.8, 4) is 0 Å². The summed E-state index contributed by atoms with van der Waals surface area (Å²) < 4.78 is 69.8. The minimum atomic E-state index is -5.73. The van der Waals surface area contributed by atoms with Crippen molar-refractivity contribution in [1.29, 1.82) is 0 Å². The smallest absolute Gasteiger partial charge is 0.202 e. The van der Waals surface area contributed by atoms with Crippen molar-refractivity contribution in [3.63, 3.8) is 0 Å². The Balaban J connectivity index is 4.54. The molecule has 0 saturated heterocycles. The fourth-order valence-corrected chi connectivity index (χ4v) is 0.358. The summed E-state index contributed by atoms with van der Waals surface area (Å²) in [5.74, 6) is -6.76. The summed E-state index contributed by atoms with van der Waals surface area (Å²) in [6.07, 6.45) is -7.78. The van der Waals surface area contributed by atoms with Gasteiger partial charge < -0.3 is 0 Å². The molecule has 0 aliphatic heterocycles. The minimum Gasteiger partial charge on any atom is -0.202 e. The lowest BCUT2D eigenvalue weighted by molar-refractivity contribution is -0.282. The van der Waals surface area contributed by atoms with Crippen molar-refractivity contribution in [2.45, 2.75) is 18.5 Å². The van der Waals surface area contributed by atoms with Gasteiger partial charge in [-0.05, 0) is 0 Å². The highest BCUT2D eigenvalue weighted by Crippen LogP contribution is 2.39. The number of hydrogen-bond acceptors (Lipinski definition) is 0. The predicted molar refractivity (Wildman–Crippen MR) is 29.4 cm³/mol. The molecular weight excluding hydrogens is 186 g/mol. The Bertz CT molecular complexity index is 207. The molecule has 0 radical (unpaired) electrons. The SMILES string of the molecule is C=C=C(F)CC(F)(F)C(F)(F)F. The van der Waals surface area contributed by atoms with Gasteiger partial charge in [-0.2, -0.15) is 22.0 Å². The maximum atomic E-state index is 11.9. The van der Waals surface area contributed by atoms with E-state index in [-0.39, 0.29) is 0 Å². The third-order valence-corrected chi connectivity index (χ3v) is 0.984. The van der Waals surface area contributed by atoms with Crippen LogP contribution in [-0.2, 0) is 0 Å². The zero-order valence-corrected chi connectivity index (χ0v) is 5.68. The molecule has 0 saturated carbocycles.